The highest BCUT2D eigenvalue weighted by Gasteiger charge is 1.96. The van der Waals surface area contributed by atoms with Crippen molar-refractivity contribution < 1.29 is 14.6 Å². The quantitative estimate of drug-likeness (QED) is 0.767. The highest BCUT2D eigenvalue weighted by Crippen LogP contribution is 2.15. The Labute approximate surface area is 136 Å². The van der Waals surface area contributed by atoms with Crippen molar-refractivity contribution in [2.45, 2.75) is 13.3 Å². The molecule has 0 saturated carbocycles. The second kappa shape index (κ2) is 8.59. The van der Waals surface area contributed by atoms with Gasteiger partial charge in [-0.25, -0.2) is 0 Å². The number of ketones is 1. The molecule has 0 heterocycles. The Morgan fingerprint density at radius 1 is 1.04 bits per heavy atom. The Bertz CT molecular complexity index is 714. The summed E-state index contributed by atoms with van der Waals surface area (Å²) < 4.78 is 5.56. The molecule has 2 aromatic rings. The molecule has 0 radical (unpaired) electrons. The van der Waals surface area contributed by atoms with E-state index in [-0.39, 0.29) is 11.5 Å². The first kappa shape index (κ1) is 16.6. The summed E-state index contributed by atoms with van der Waals surface area (Å²) >= 11 is 0. The molecule has 0 fully saturated rings. The summed E-state index contributed by atoms with van der Waals surface area (Å²) in [4.78, 5) is 11.9. The lowest BCUT2D eigenvalue weighted by atomic mass is 10.1. The number of rotatable bonds is 7. The van der Waals surface area contributed by atoms with E-state index in [4.69, 9.17) is 4.74 Å². The lowest BCUT2D eigenvalue weighted by molar-refractivity contribution is -0.110. The van der Waals surface area contributed by atoms with Gasteiger partial charge in [-0.1, -0.05) is 43.3 Å². The monoisotopic (exact) mass is 308 g/mol. The molecule has 3 heteroatoms. The van der Waals surface area contributed by atoms with Crippen LogP contribution < -0.4 is 4.74 Å². The van der Waals surface area contributed by atoms with Gasteiger partial charge in [0.05, 0.1) is 6.61 Å². The molecule has 0 amide bonds. The van der Waals surface area contributed by atoms with E-state index in [1.807, 2.05) is 30.3 Å². The second-order valence-corrected chi connectivity index (χ2v) is 5.08. The Morgan fingerprint density at radius 3 is 2.35 bits per heavy atom. The third kappa shape index (κ3) is 5.83. The SMILES string of the molecule is CCCOc1cccc(/C=C/C(=O)/C=C/c2cccc(O)c2)c1. The van der Waals surface area contributed by atoms with Gasteiger partial charge < -0.3 is 9.84 Å². The summed E-state index contributed by atoms with van der Waals surface area (Å²) in [6.45, 7) is 2.74. The zero-order chi connectivity index (χ0) is 16.5. The molecular formula is C20H20O3. The van der Waals surface area contributed by atoms with Crippen LogP contribution in [-0.4, -0.2) is 17.5 Å². The summed E-state index contributed by atoms with van der Waals surface area (Å²) in [6, 6.07) is 14.4. The van der Waals surface area contributed by atoms with Gasteiger partial charge >= 0.3 is 0 Å². The highest BCUT2D eigenvalue weighted by atomic mass is 16.5. The first-order chi connectivity index (χ1) is 11.2. The standard InChI is InChI=1S/C20H20O3/c1-2-13-23-20-8-4-6-17(15-20)10-12-18(21)11-9-16-5-3-7-19(22)14-16/h3-12,14-15,22H,2,13H2,1H3/b11-9+,12-10+. The normalized spacial score (nSPS) is 11.2. The van der Waals surface area contributed by atoms with E-state index in [0.29, 0.717) is 6.61 Å². The molecule has 1 N–H and O–H groups in total. The van der Waals surface area contributed by atoms with Crippen molar-refractivity contribution in [2.75, 3.05) is 6.61 Å². The van der Waals surface area contributed by atoms with Crippen LogP contribution in [-0.2, 0) is 4.79 Å². The van der Waals surface area contributed by atoms with Crippen molar-refractivity contribution in [3.8, 4) is 11.5 Å². The number of carbonyl (C=O) groups is 1. The molecule has 118 valence electrons. The van der Waals surface area contributed by atoms with Crippen molar-refractivity contribution in [1.82, 2.24) is 0 Å². The van der Waals surface area contributed by atoms with Crippen LogP contribution in [0.25, 0.3) is 12.2 Å². The Balaban J connectivity index is 1.98. The van der Waals surface area contributed by atoms with Crippen LogP contribution >= 0.6 is 0 Å². The third-order valence-electron chi connectivity index (χ3n) is 3.08. The van der Waals surface area contributed by atoms with Gasteiger partial charge in [0.1, 0.15) is 11.5 Å². The topological polar surface area (TPSA) is 46.5 Å². The number of phenols is 1. The maximum Gasteiger partial charge on any atom is 0.178 e. The van der Waals surface area contributed by atoms with Gasteiger partial charge in [-0.3, -0.25) is 4.79 Å². The molecule has 0 spiro atoms. The van der Waals surface area contributed by atoms with Crippen molar-refractivity contribution in [3.05, 3.63) is 71.8 Å². The maximum absolute atomic E-state index is 11.9. The molecule has 2 rings (SSSR count). The number of ether oxygens (including phenoxy) is 1. The predicted octanol–water partition coefficient (Wildman–Crippen LogP) is 4.48. The van der Waals surface area contributed by atoms with E-state index in [2.05, 4.69) is 6.92 Å². The molecule has 3 nitrogen and oxygen atoms in total. The molecule has 0 unspecified atom stereocenters. The minimum Gasteiger partial charge on any atom is -0.508 e. The number of phenolic OH excluding ortho intramolecular Hbond substituents is 1. The van der Waals surface area contributed by atoms with Crippen molar-refractivity contribution in [3.63, 3.8) is 0 Å². The van der Waals surface area contributed by atoms with Gasteiger partial charge in [0.15, 0.2) is 5.78 Å². The lowest BCUT2D eigenvalue weighted by Crippen LogP contribution is -1.94. The summed E-state index contributed by atoms with van der Waals surface area (Å²) in [6.07, 6.45) is 7.38. The average Bonchev–Trinajstić information content (AvgIpc) is 2.57. The molecule has 0 aliphatic heterocycles. The van der Waals surface area contributed by atoms with Gasteiger partial charge in [0, 0.05) is 0 Å². The fourth-order valence-electron chi connectivity index (χ4n) is 1.97. The number of aromatic hydroxyl groups is 1. The average molecular weight is 308 g/mol. The summed E-state index contributed by atoms with van der Waals surface area (Å²) in [5, 5.41) is 9.37. The van der Waals surface area contributed by atoms with E-state index in [9.17, 15) is 9.90 Å². The number of carbonyl (C=O) groups excluding carboxylic acids is 1. The fourth-order valence-corrected chi connectivity index (χ4v) is 1.97. The number of hydrogen-bond donors (Lipinski definition) is 1. The smallest absolute Gasteiger partial charge is 0.178 e. The van der Waals surface area contributed by atoms with Gasteiger partial charge in [-0.2, -0.15) is 0 Å². The molecule has 23 heavy (non-hydrogen) atoms. The van der Waals surface area contributed by atoms with Crippen LogP contribution in [0.3, 0.4) is 0 Å². The lowest BCUT2D eigenvalue weighted by Gasteiger charge is -2.04. The molecule has 0 saturated heterocycles. The fraction of sp³-hybridized carbons (Fsp3) is 0.150. The molecule has 0 bridgehead atoms. The van der Waals surface area contributed by atoms with Crippen LogP contribution in [0, 0.1) is 0 Å². The summed E-state index contributed by atoms with van der Waals surface area (Å²) in [7, 11) is 0. The maximum atomic E-state index is 11.9. The van der Waals surface area contributed by atoms with E-state index < -0.39 is 0 Å². The zero-order valence-corrected chi connectivity index (χ0v) is 13.1. The first-order valence-electron chi connectivity index (χ1n) is 7.59. The van der Waals surface area contributed by atoms with Gasteiger partial charge in [0.25, 0.3) is 0 Å². The molecule has 0 aromatic heterocycles. The molecule has 2 aromatic carbocycles. The van der Waals surface area contributed by atoms with E-state index in [1.165, 1.54) is 12.2 Å². The second-order valence-electron chi connectivity index (χ2n) is 5.08. The van der Waals surface area contributed by atoms with Crippen LogP contribution in [0.15, 0.2) is 60.7 Å². The van der Waals surface area contributed by atoms with Gasteiger partial charge in [0.2, 0.25) is 0 Å². The summed E-state index contributed by atoms with van der Waals surface area (Å²) in [5.41, 5.74) is 1.69. The first-order valence-corrected chi connectivity index (χ1v) is 7.59. The molecule has 0 atom stereocenters. The Morgan fingerprint density at radius 2 is 1.70 bits per heavy atom. The van der Waals surface area contributed by atoms with Crippen molar-refractivity contribution in [1.29, 1.82) is 0 Å². The minimum absolute atomic E-state index is 0.117. The van der Waals surface area contributed by atoms with Gasteiger partial charge in [-0.15, -0.1) is 0 Å². The van der Waals surface area contributed by atoms with Crippen molar-refractivity contribution in [2.24, 2.45) is 0 Å². The zero-order valence-electron chi connectivity index (χ0n) is 13.1. The van der Waals surface area contributed by atoms with Crippen molar-refractivity contribution >= 4 is 17.9 Å². The van der Waals surface area contributed by atoms with Crippen LogP contribution in [0.2, 0.25) is 0 Å². The van der Waals surface area contributed by atoms with E-state index in [0.717, 1.165) is 23.3 Å². The molecule has 0 aliphatic rings. The number of hydrogen-bond acceptors (Lipinski definition) is 3. The predicted molar refractivity (Wildman–Crippen MR) is 93.4 cm³/mol. The van der Waals surface area contributed by atoms with E-state index in [1.54, 1.807) is 30.4 Å². The van der Waals surface area contributed by atoms with E-state index >= 15 is 0 Å². The Kier molecular flexibility index (Phi) is 6.18. The Hall–Kier alpha value is -2.81. The van der Waals surface area contributed by atoms with Gasteiger partial charge in [-0.05, 0) is 54.0 Å². The third-order valence-corrected chi connectivity index (χ3v) is 3.08. The number of benzene rings is 2. The van der Waals surface area contributed by atoms with Crippen LogP contribution in [0.4, 0.5) is 0 Å². The minimum atomic E-state index is -0.117. The molecular weight excluding hydrogens is 288 g/mol. The highest BCUT2D eigenvalue weighted by molar-refractivity contribution is 6.04. The number of allylic oxidation sites excluding steroid dienone is 2. The summed E-state index contributed by atoms with van der Waals surface area (Å²) in [5.74, 6) is 0.865. The molecule has 0 aliphatic carbocycles. The van der Waals surface area contributed by atoms with Crippen LogP contribution in [0.1, 0.15) is 24.5 Å². The van der Waals surface area contributed by atoms with Crippen LogP contribution in [0.5, 0.6) is 11.5 Å². The largest absolute Gasteiger partial charge is 0.508 e.